The molecule has 0 atom stereocenters. The number of aromatic amines is 1. The molecule has 0 unspecified atom stereocenters. The minimum absolute atomic E-state index is 0.151. The van der Waals surface area contributed by atoms with Gasteiger partial charge in [0.25, 0.3) is 0 Å². The maximum absolute atomic E-state index is 12.8. The molecular weight excluding hydrogens is 424 g/mol. The number of hydrogen-bond donors (Lipinski definition) is 2. The number of fused-ring (bicyclic) bond motifs is 1. The Bertz CT molecular complexity index is 1180. The number of piperidine rings is 1. The summed E-state index contributed by atoms with van der Waals surface area (Å²) in [5.41, 5.74) is 3.27. The Balaban J connectivity index is 1.38. The Labute approximate surface area is 189 Å². The van der Waals surface area contributed by atoms with Crippen LogP contribution in [0.25, 0.3) is 11.0 Å². The van der Waals surface area contributed by atoms with Crippen LogP contribution in [0, 0.1) is 0 Å². The summed E-state index contributed by atoms with van der Waals surface area (Å²) >= 11 is 0. The van der Waals surface area contributed by atoms with E-state index in [-0.39, 0.29) is 17.2 Å². The molecule has 0 bridgehead atoms. The first-order valence-corrected chi connectivity index (χ1v) is 12.8. The summed E-state index contributed by atoms with van der Waals surface area (Å²) in [5, 5.41) is 2.92. The lowest BCUT2D eigenvalue weighted by Crippen LogP contribution is -2.35. The molecule has 8 heteroatoms. The number of unbranched alkanes of at least 4 members (excludes halogenated alkanes) is 1. The monoisotopic (exact) mass is 454 g/mol. The number of aryl methyl sites for hydroxylation is 1. The van der Waals surface area contributed by atoms with Crippen LogP contribution in [-0.4, -0.2) is 41.7 Å². The lowest BCUT2D eigenvalue weighted by Gasteiger charge is -2.25. The third-order valence-electron chi connectivity index (χ3n) is 5.82. The van der Waals surface area contributed by atoms with Crippen molar-refractivity contribution in [1.82, 2.24) is 14.3 Å². The summed E-state index contributed by atoms with van der Waals surface area (Å²) in [7, 11) is -3.46. The molecule has 0 radical (unpaired) electrons. The molecule has 32 heavy (non-hydrogen) atoms. The molecule has 1 aliphatic rings. The molecule has 1 fully saturated rings. The molecule has 0 saturated carbocycles. The minimum Gasteiger partial charge on any atom is -0.342 e. The second-order valence-corrected chi connectivity index (χ2v) is 10.3. The second kappa shape index (κ2) is 9.83. The SMILES string of the molecule is CCCCc1nc2ccc(NC(=O)Cc3ccc(S(=O)(=O)N4CCCCC4)cc3)cc2[nH]1. The van der Waals surface area contributed by atoms with E-state index in [4.69, 9.17) is 0 Å². The fourth-order valence-electron chi connectivity index (χ4n) is 4.03. The van der Waals surface area contributed by atoms with Gasteiger partial charge in [-0.25, -0.2) is 13.4 Å². The first kappa shape index (κ1) is 22.5. The van der Waals surface area contributed by atoms with Crippen molar-refractivity contribution >= 4 is 32.7 Å². The van der Waals surface area contributed by atoms with Gasteiger partial charge in [-0.15, -0.1) is 0 Å². The predicted octanol–water partition coefficient (Wildman–Crippen LogP) is 4.26. The average Bonchev–Trinajstić information content (AvgIpc) is 3.20. The van der Waals surface area contributed by atoms with E-state index in [1.54, 1.807) is 28.6 Å². The highest BCUT2D eigenvalue weighted by atomic mass is 32.2. The van der Waals surface area contributed by atoms with E-state index >= 15 is 0 Å². The van der Waals surface area contributed by atoms with Crippen molar-refractivity contribution in [2.24, 2.45) is 0 Å². The smallest absolute Gasteiger partial charge is 0.243 e. The van der Waals surface area contributed by atoms with Gasteiger partial charge < -0.3 is 10.3 Å². The zero-order valence-corrected chi connectivity index (χ0v) is 19.2. The Hall–Kier alpha value is -2.71. The molecule has 4 rings (SSSR count). The second-order valence-electron chi connectivity index (χ2n) is 8.35. The number of anilines is 1. The Kier molecular flexibility index (Phi) is 6.91. The third-order valence-corrected chi connectivity index (χ3v) is 7.74. The molecule has 1 saturated heterocycles. The highest BCUT2D eigenvalue weighted by molar-refractivity contribution is 7.89. The predicted molar refractivity (Wildman–Crippen MR) is 126 cm³/mol. The van der Waals surface area contributed by atoms with Gasteiger partial charge in [-0.3, -0.25) is 4.79 Å². The van der Waals surface area contributed by atoms with Crippen molar-refractivity contribution in [2.75, 3.05) is 18.4 Å². The number of aromatic nitrogens is 2. The summed E-state index contributed by atoms with van der Waals surface area (Å²) < 4.78 is 27.1. The summed E-state index contributed by atoms with van der Waals surface area (Å²) in [5.74, 6) is 0.812. The van der Waals surface area contributed by atoms with Gasteiger partial charge in [-0.1, -0.05) is 31.9 Å². The molecule has 2 heterocycles. The van der Waals surface area contributed by atoms with Crippen LogP contribution in [-0.2, 0) is 27.7 Å². The number of hydrogen-bond acceptors (Lipinski definition) is 4. The van der Waals surface area contributed by atoms with Crippen molar-refractivity contribution in [3.63, 3.8) is 0 Å². The van der Waals surface area contributed by atoms with Gasteiger partial charge in [0.1, 0.15) is 5.82 Å². The Morgan fingerprint density at radius 3 is 2.56 bits per heavy atom. The van der Waals surface area contributed by atoms with Crippen LogP contribution < -0.4 is 5.32 Å². The number of carbonyl (C=O) groups excluding carboxylic acids is 1. The summed E-state index contributed by atoms with van der Waals surface area (Å²) in [6.45, 7) is 3.30. The molecule has 1 aliphatic heterocycles. The van der Waals surface area contributed by atoms with Crippen LogP contribution in [0.4, 0.5) is 5.69 Å². The molecule has 170 valence electrons. The van der Waals surface area contributed by atoms with E-state index in [9.17, 15) is 13.2 Å². The fourth-order valence-corrected chi connectivity index (χ4v) is 5.54. The van der Waals surface area contributed by atoms with Crippen LogP contribution in [0.2, 0.25) is 0 Å². The van der Waals surface area contributed by atoms with E-state index in [1.165, 1.54) is 0 Å². The summed E-state index contributed by atoms with van der Waals surface area (Å²) in [6.07, 6.45) is 6.17. The molecule has 2 N–H and O–H groups in total. The molecule has 0 aliphatic carbocycles. The van der Waals surface area contributed by atoms with Gasteiger partial charge in [0.15, 0.2) is 0 Å². The van der Waals surface area contributed by atoms with Crippen molar-refractivity contribution < 1.29 is 13.2 Å². The number of H-pyrrole nitrogens is 1. The number of rotatable bonds is 8. The van der Waals surface area contributed by atoms with E-state index < -0.39 is 10.0 Å². The van der Waals surface area contributed by atoms with E-state index in [1.807, 2.05) is 18.2 Å². The molecule has 2 aromatic carbocycles. The van der Waals surface area contributed by atoms with Gasteiger partial charge in [-0.05, 0) is 55.2 Å². The van der Waals surface area contributed by atoms with E-state index in [0.717, 1.165) is 60.9 Å². The Morgan fingerprint density at radius 1 is 1.09 bits per heavy atom. The molecular formula is C24H30N4O3S. The average molecular weight is 455 g/mol. The normalized spacial score (nSPS) is 15.2. The van der Waals surface area contributed by atoms with Gasteiger partial charge in [0.05, 0.1) is 22.3 Å². The largest absolute Gasteiger partial charge is 0.342 e. The fraction of sp³-hybridized carbons (Fsp3) is 0.417. The van der Waals surface area contributed by atoms with Crippen molar-refractivity contribution in [3.8, 4) is 0 Å². The highest BCUT2D eigenvalue weighted by Crippen LogP contribution is 2.22. The van der Waals surface area contributed by atoms with Crippen LogP contribution in [0.3, 0.4) is 0 Å². The molecule has 3 aromatic rings. The van der Waals surface area contributed by atoms with Crippen LogP contribution in [0.5, 0.6) is 0 Å². The lowest BCUT2D eigenvalue weighted by atomic mass is 10.1. The number of nitrogens with one attached hydrogen (secondary N) is 2. The van der Waals surface area contributed by atoms with Gasteiger partial charge in [0.2, 0.25) is 15.9 Å². The standard InChI is InChI=1S/C24H30N4O3S/c1-2-3-7-23-26-21-13-10-19(17-22(21)27-23)25-24(29)16-18-8-11-20(12-9-18)32(30,31)28-14-5-4-6-15-28/h8-13,17H,2-7,14-16H2,1H3,(H,25,29)(H,26,27). The Morgan fingerprint density at radius 2 is 1.84 bits per heavy atom. The third kappa shape index (κ3) is 5.19. The molecule has 0 spiro atoms. The molecule has 1 aromatic heterocycles. The first-order chi connectivity index (χ1) is 15.5. The van der Waals surface area contributed by atoms with Crippen molar-refractivity contribution in [3.05, 3.63) is 53.9 Å². The van der Waals surface area contributed by atoms with Gasteiger partial charge in [0, 0.05) is 25.2 Å². The van der Waals surface area contributed by atoms with Crippen molar-refractivity contribution in [1.29, 1.82) is 0 Å². The number of benzene rings is 2. The van der Waals surface area contributed by atoms with Gasteiger partial charge in [-0.2, -0.15) is 4.31 Å². The lowest BCUT2D eigenvalue weighted by molar-refractivity contribution is -0.115. The minimum atomic E-state index is -3.46. The maximum Gasteiger partial charge on any atom is 0.243 e. The van der Waals surface area contributed by atoms with Crippen LogP contribution >= 0.6 is 0 Å². The first-order valence-electron chi connectivity index (χ1n) is 11.3. The maximum atomic E-state index is 12.8. The molecule has 1 amide bonds. The number of amides is 1. The number of sulfonamides is 1. The summed E-state index contributed by atoms with van der Waals surface area (Å²) in [4.78, 5) is 20.7. The van der Waals surface area contributed by atoms with Crippen LogP contribution in [0.1, 0.15) is 50.4 Å². The number of carbonyl (C=O) groups is 1. The number of imidazole rings is 1. The number of nitrogens with zero attached hydrogens (tertiary/aromatic N) is 2. The van der Waals surface area contributed by atoms with Gasteiger partial charge >= 0.3 is 0 Å². The van der Waals surface area contributed by atoms with Crippen LogP contribution in [0.15, 0.2) is 47.4 Å². The van der Waals surface area contributed by atoms with E-state index in [2.05, 4.69) is 22.2 Å². The van der Waals surface area contributed by atoms with Crippen molar-refractivity contribution in [2.45, 2.75) is 56.8 Å². The zero-order chi connectivity index (χ0) is 22.6. The van der Waals surface area contributed by atoms with E-state index in [0.29, 0.717) is 18.8 Å². The quantitative estimate of drug-likeness (QED) is 0.532. The topological polar surface area (TPSA) is 95.2 Å². The summed E-state index contributed by atoms with van der Waals surface area (Å²) in [6, 6.07) is 12.3. The molecule has 7 nitrogen and oxygen atoms in total. The highest BCUT2D eigenvalue weighted by Gasteiger charge is 2.25. The zero-order valence-electron chi connectivity index (χ0n) is 18.4.